The van der Waals surface area contributed by atoms with Crippen LogP contribution in [0.4, 0.5) is 16.4 Å². The monoisotopic (exact) mass is 862 g/mol. The topological polar surface area (TPSA) is 175 Å². The van der Waals surface area contributed by atoms with E-state index in [0.29, 0.717) is 35.7 Å². The van der Waals surface area contributed by atoms with Crippen molar-refractivity contribution in [3.63, 3.8) is 0 Å². The highest BCUT2D eigenvalue weighted by Crippen LogP contribution is 2.66. The fourth-order valence-corrected chi connectivity index (χ4v) is 9.88. The number of hydrogen-bond donors (Lipinski definition) is 2. The van der Waals surface area contributed by atoms with Crippen LogP contribution in [0.5, 0.6) is 5.75 Å². The van der Waals surface area contributed by atoms with Crippen LogP contribution >= 0.6 is 0 Å². The van der Waals surface area contributed by atoms with Crippen molar-refractivity contribution in [1.82, 2.24) is 19.8 Å². The van der Waals surface area contributed by atoms with Crippen LogP contribution < -0.4 is 9.80 Å². The molecular weight excluding hydrogens is 817 g/mol. The minimum atomic E-state index is -2.01. The van der Waals surface area contributed by atoms with Gasteiger partial charge in [-0.1, -0.05) is 84.6 Å². The molecule has 0 aliphatic carbocycles. The quantitative estimate of drug-likeness (QED) is 0.119. The first-order chi connectivity index (χ1) is 31.3. The van der Waals surface area contributed by atoms with Crippen molar-refractivity contribution in [2.45, 2.75) is 36.1 Å². The van der Waals surface area contributed by atoms with Gasteiger partial charge in [-0.3, -0.25) is 19.3 Å². The number of aliphatic hydroxyl groups is 1. The molecule has 4 aromatic carbocycles. The van der Waals surface area contributed by atoms with Gasteiger partial charge in [-0.25, -0.2) is 19.7 Å². The minimum absolute atomic E-state index is 0.0389. The lowest BCUT2D eigenvalue weighted by molar-refractivity contribution is -0.179. The number of aliphatic hydroxyl groups excluding tert-OH is 1. The molecule has 9 rings (SSSR count). The van der Waals surface area contributed by atoms with E-state index in [-0.39, 0.29) is 56.3 Å². The predicted molar refractivity (Wildman–Crippen MR) is 233 cm³/mol. The SMILES string of the molecule is COCCOC(=O)N1C(=O)C2(c3cc(C#CCCO)ccc31)C(C(=O)N1CCN(c3ncccn3)CC1)C1C(=O)OC(c3ccccc3)C(c3ccccc3)N1C2c1ccc(O)cc1. The standard InChI is InChI=1S/C49H46N6O9/c1-62-29-30-63-48(61)54-38-21-16-32(11-8-9-28-56)31-37(38)49(46(54)60)39(44(58)52-24-26-53(27-25-52)47-50-22-10-23-51-47)41-45(59)64-42(34-14-6-3-7-15-34)40(33-12-4-2-5-13-33)55(41)43(49)35-17-19-36(57)20-18-35/h2-7,10,12-23,31,39-43,56-57H,9,24-30H2,1H3. The summed E-state index contributed by atoms with van der Waals surface area (Å²) in [5.41, 5.74) is 0.834. The maximum absolute atomic E-state index is 16.3. The Bertz CT molecular complexity index is 2580. The number of carbonyl (C=O) groups is 4. The zero-order chi connectivity index (χ0) is 44.4. The van der Waals surface area contributed by atoms with Crippen LogP contribution in [0.1, 0.15) is 52.4 Å². The lowest BCUT2D eigenvalue weighted by Crippen LogP contribution is -2.59. The van der Waals surface area contributed by atoms with Crippen molar-refractivity contribution >= 4 is 35.5 Å². The third-order valence-electron chi connectivity index (χ3n) is 12.5. The summed E-state index contributed by atoms with van der Waals surface area (Å²) in [7, 11) is 1.46. The largest absolute Gasteiger partial charge is 0.508 e. The summed E-state index contributed by atoms with van der Waals surface area (Å²) in [6, 6.07) is 28.6. The van der Waals surface area contributed by atoms with Crippen LogP contribution in [0.15, 0.2) is 122 Å². The highest BCUT2D eigenvalue weighted by Gasteiger charge is 2.76. The zero-order valence-electron chi connectivity index (χ0n) is 35.0. The summed E-state index contributed by atoms with van der Waals surface area (Å²) >= 11 is 0. The number of cyclic esters (lactones) is 1. The number of nitrogens with zero attached hydrogens (tertiary/aromatic N) is 6. The molecule has 4 aliphatic heterocycles. The number of aromatic hydroxyl groups is 1. The van der Waals surface area contributed by atoms with Crippen molar-refractivity contribution in [2.24, 2.45) is 5.92 Å². The Morgan fingerprint density at radius 1 is 0.828 bits per heavy atom. The Morgan fingerprint density at radius 3 is 2.19 bits per heavy atom. The van der Waals surface area contributed by atoms with E-state index in [1.165, 1.54) is 19.2 Å². The Kier molecular flexibility index (Phi) is 11.8. The van der Waals surface area contributed by atoms with E-state index in [4.69, 9.17) is 14.2 Å². The van der Waals surface area contributed by atoms with E-state index >= 15 is 14.4 Å². The molecule has 5 aromatic rings. The number of phenolic OH excluding ortho intramolecular Hbond substituents is 1. The number of anilines is 2. The van der Waals surface area contributed by atoms with E-state index in [1.54, 1.807) is 53.7 Å². The first-order valence-electron chi connectivity index (χ1n) is 21.2. The maximum atomic E-state index is 16.3. The van der Waals surface area contributed by atoms with Gasteiger partial charge in [0, 0.05) is 57.7 Å². The lowest BCUT2D eigenvalue weighted by atomic mass is 9.65. The number of amides is 3. The normalized spacial score (nSPS) is 23.8. The van der Waals surface area contributed by atoms with Gasteiger partial charge in [-0.05, 0) is 58.7 Å². The highest BCUT2D eigenvalue weighted by atomic mass is 16.6. The second-order valence-electron chi connectivity index (χ2n) is 16.0. The van der Waals surface area contributed by atoms with Crippen LogP contribution in [-0.2, 0) is 34.0 Å². The van der Waals surface area contributed by atoms with Crippen LogP contribution in [0.3, 0.4) is 0 Å². The summed E-state index contributed by atoms with van der Waals surface area (Å²) in [4.78, 5) is 77.3. The lowest BCUT2D eigenvalue weighted by Gasteiger charge is -2.46. The van der Waals surface area contributed by atoms with E-state index in [0.717, 1.165) is 10.5 Å². The van der Waals surface area contributed by atoms with Crippen molar-refractivity contribution in [1.29, 1.82) is 0 Å². The number of methoxy groups -OCH3 is 1. The van der Waals surface area contributed by atoms with Crippen LogP contribution in [-0.4, -0.2) is 113 Å². The molecule has 1 aromatic heterocycles. The molecule has 15 nitrogen and oxygen atoms in total. The summed E-state index contributed by atoms with van der Waals surface area (Å²) in [6.07, 6.45) is 1.59. The maximum Gasteiger partial charge on any atom is 0.421 e. The first-order valence-corrected chi connectivity index (χ1v) is 21.2. The molecule has 3 saturated heterocycles. The van der Waals surface area contributed by atoms with Gasteiger partial charge in [0.25, 0.3) is 0 Å². The van der Waals surface area contributed by atoms with Crippen LogP contribution in [0.2, 0.25) is 0 Å². The molecule has 2 N–H and O–H groups in total. The molecular formula is C49H46N6O9. The van der Waals surface area contributed by atoms with Crippen LogP contribution in [0, 0.1) is 17.8 Å². The Hall–Kier alpha value is -7.12. The number of ether oxygens (including phenoxy) is 3. The number of rotatable bonds is 9. The molecule has 4 aliphatic rings. The number of aromatic nitrogens is 2. The molecule has 1 spiro atoms. The number of fused-ring (bicyclic) bond motifs is 3. The molecule has 5 heterocycles. The van der Waals surface area contributed by atoms with E-state index < -0.39 is 59.4 Å². The molecule has 6 atom stereocenters. The summed E-state index contributed by atoms with van der Waals surface area (Å²) in [5.74, 6) is 3.05. The molecule has 15 heteroatoms. The molecule has 0 radical (unpaired) electrons. The zero-order valence-corrected chi connectivity index (χ0v) is 35.0. The fourth-order valence-electron chi connectivity index (χ4n) is 9.88. The van der Waals surface area contributed by atoms with Gasteiger partial charge in [0.1, 0.15) is 29.9 Å². The van der Waals surface area contributed by atoms with Crippen molar-refractivity contribution in [3.05, 3.63) is 149 Å². The number of esters is 1. The smallest absolute Gasteiger partial charge is 0.421 e. The Labute approximate surface area is 369 Å². The van der Waals surface area contributed by atoms with Gasteiger partial charge in [-0.2, -0.15) is 0 Å². The molecule has 3 fully saturated rings. The van der Waals surface area contributed by atoms with E-state index in [9.17, 15) is 15.0 Å². The van der Waals surface area contributed by atoms with Gasteiger partial charge >= 0.3 is 12.1 Å². The third-order valence-corrected chi connectivity index (χ3v) is 12.5. The minimum Gasteiger partial charge on any atom is -0.508 e. The molecule has 3 amide bonds. The summed E-state index contributed by atoms with van der Waals surface area (Å²) in [6.45, 7) is 0.871. The van der Waals surface area contributed by atoms with Crippen molar-refractivity contribution in [2.75, 3.05) is 62.9 Å². The van der Waals surface area contributed by atoms with Gasteiger partial charge in [0.05, 0.1) is 36.9 Å². The van der Waals surface area contributed by atoms with Gasteiger partial charge in [0.15, 0.2) is 0 Å². The second kappa shape index (κ2) is 17.9. The van der Waals surface area contributed by atoms with Crippen molar-refractivity contribution < 1.29 is 43.6 Å². The second-order valence-corrected chi connectivity index (χ2v) is 16.0. The number of piperazine rings is 1. The Balaban J connectivity index is 1.31. The highest BCUT2D eigenvalue weighted by molar-refractivity contribution is 6.23. The Morgan fingerprint density at radius 2 is 1.52 bits per heavy atom. The number of benzene rings is 4. The number of imide groups is 1. The number of phenols is 1. The predicted octanol–water partition coefficient (Wildman–Crippen LogP) is 4.71. The van der Waals surface area contributed by atoms with Gasteiger partial charge in [0.2, 0.25) is 17.8 Å². The first kappa shape index (κ1) is 42.2. The molecule has 326 valence electrons. The molecule has 64 heavy (non-hydrogen) atoms. The summed E-state index contributed by atoms with van der Waals surface area (Å²) < 4.78 is 17.4. The number of morpholine rings is 1. The molecule has 0 saturated carbocycles. The fraction of sp³-hybridized carbons (Fsp3) is 0.306. The average Bonchev–Trinajstić information content (AvgIpc) is 3.79. The van der Waals surface area contributed by atoms with E-state index in [2.05, 4.69) is 21.8 Å². The van der Waals surface area contributed by atoms with E-state index in [1.807, 2.05) is 70.5 Å². The van der Waals surface area contributed by atoms with Gasteiger partial charge in [-0.15, -0.1) is 0 Å². The molecule has 0 bridgehead atoms. The average molecular weight is 863 g/mol. The number of carbonyl (C=O) groups excluding carboxylic acids is 4. The summed E-state index contributed by atoms with van der Waals surface area (Å²) in [5, 5.41) is 20.3. The van der Waals surface area contributed by atoms with Crippen LogP contribution in [0.25, 0.3) is 0 Å². The van der Waals surface area contributed by atoms with Gasteiger partial charge < -0.3 is 34.2 Å². The molecule has 6 unspecified atom stereocenters. The van der Waals surface area contributed by atoms with Crippen molar-refractivity contribution in [3.8, 4) is 17.6 Å². The number of hydrogen-bond acceptors (Lipinski definition) is 13. The third kappa shape index (κ3) is 7.29.